The fourth-order valence-corrected chi connectivity index (χ4v) is 3.85. The number of halogens is 1. The highest BCUT2D eigenvalue weighted by Gasteiger charge is 2.26. The van der Waals surface area contributed by atoms with Gasteiger partial charge in [-0.15, -0.1) is 0 Å². The maximum atomic E-state index is 6.28. The lowest BCUT2D eigenvalue weighted by atomic mass is 9.77. The Morgan fingerprint density at radius 1 is 1.07 bits per heavy atom. The van der Waals surface area contributed by atoms with Crippen LogP contribution >= 0.6 is 11.6 Å². The predicted molar refractivity (Wildman–Crippen MR) is 116 cm³/mol. The molecule has 152 valence electrons. The van der Waals surface area contributed by atoms with Crippen molar-refractivity contribution in [3.8, 4) is 5.75 Å². The second-order valence-electron chi connectivity index (χ2n) is 8.32. The molecule has 0 bridgehead atoms. The Morgan fingerprint density at radius 3 is 2.39 bits per heavy atom. The monoisotopic (exact) mass is 402 g/mol. The molecule has 2 aromatic carbocycles. The fourth-order valence-electron chi connectivity index (χ4n) is 3.61. The number of hydrogen-bond acceptors (Lipinski definition) is 4. The van der Waals surface area contributed by atoms with Crippen LogP contribution in [-0.4, -0.2) is 37.3 Å². The Labute approximate surface area is 173 Å². The van der Waals surface area contributed by atoms with Gasteiger partial charge in [0.1, 0.15) is 5.75 Å². The van der Waals surface area contributed by atoms with E-state index in [1.165, 1.54) is 11.1 Å². The molecule has 1 fully saturated rings. The molecule has 0 unspecified atom stereocenters. The zero-order valence-electron chi connectivity index (χ0n) is 17.3. The standard InChI is InChI=1S/C23H31ClN2O2/c1-16(2)28-22-10-17(15-26-5-7-27-8-6-26)9-18(13-22)23(3,4)19-11-20(24)14-21(25)12-19/h9-14,16H,5-8,15,25H2,1-4H3. The van der Waals surface area contributed by atoms with Gasteiger partial charge in [-0.2, -0.15) is 0 Å². The van der Waals surface area contributed by atoms with Crippen molar-refractivity contribution in [3.63, 3.8) is 0 Å². The van der Waals surface area contributed by atoms with Gasteiger partial charge < -0.3 is 15.2 Å². The summed E-state index contributed by atoms with van der Waals surface area (Å²) in [5, 5.41) is 0.659. The van der Waals surface area contributed by atoms with Crippen molar-refractivity contribution in [1.82, 2.24) is 4.90 Å². The van der Waals surface area contributed by atoms with Gasteiger partial charge in [0.05, 0.1) is 19.3 Å². The highest BCUT2D eigenvalue weighted by molar-refractivity contribution is 6.30. The smallest absolute Gasteiger partial charge is 0.120 e. The van der Waals surface area contributed by atoms with E-state index in [1.807, 2.05) is 12.1 Å². The van der Waals surface area contributed by atoms with E-state index in [0.29, 0.717) is 10.7 Å². The Balaban J connectivity index is 1.98. The molecule has 2 aromatic rings. The summed E-state index contributed by atoms with van der Waals surface area (Å²) in [6.07, 6.45) is 0.122. The van der Waals surface area contributed by atoms with Crippen LogP contribution in [0, 0.1) is 0 Å². The molecule has 0 saturated carbocycles. The highest BCUT2D eigenvalue weighted by Crippen LogP contribution is 2.36. The number of anilines is 1. The minimum atomic E-state index is -0.255. The third-order valence-corrected chi connectivity index (χ3v) is 5.43. The van der Waals surface area contributed by atoms with E-state index in [1.54, 1.807) is 6.07 Å². The lowest BCUT2D eigenvalue weighted by molar-refractivity contribution is 0.0341. The molecule has 28 heavy (non-hydrogen) atoms. The van der Waals surface area contributed by atoms with Gasteiger partial charge in [0.2, 0.25) is 0 Å². The van der Waals surface area contributed by atoms with E-state index >= 15 is 0 Å². The Hall–Kier alpha value is -1.75. The molecule has 0 atom stereocenters. The highest BCUT2D eigenvalue weighted by atomic mass is 35.5. The summed E-state index contributed by atoms with van der Waals surface area (Å²) in [5.74, 6) is 0.902. The van der Waals surface area contributed by atoms with Crippen molar-refractivity contribution in [1.29, 1.82) is 0 Å². The van der Waals surface area contributed by atoms with Crippen molar-refractivity contribution in [2.45, 2.75) is 45.8 Å². The molecule has 4 nitrogen and oxygen atoms in total. The number of morpholine rings is 1. The van der Waals surface area contributed by atoms with Gasteiger partial charge in [0.25, 0.3) is 0 Å². The molecule has 5 heteroatoms. The van der Waals surface area contributed by atoms with Crippen LogP contribution in [0.2, 0.25) is 5.02 Å². The Morgan fingerprint density at radius 2 is 1.75 bits per heavy atom. The SMILES string of the molecule is CC(C)Oc1cc(CN2CCOCC2)cc(C(C)(C)c2cc(N)cc(Cl)c2)c1. The van der Waals surface area contributed by atoms with E-state index in [2.05, 4.69) is 50.8 Å². The average Bonchev–Trinajstić information content (AvgIpc) is 2.61. The normalized spacial score (nSPS) is 15.8. The van der Waals surface area contributed by atoms with Crippen LogP contribution in [0.25, 0.3) is 0 Å². The fraction of sp³-hybridized carbons (Fsp3) is 0.478. The number of nitrogen functional groups attached to an aromatic ring is 1. The van der Waals surface area contributed by atoms with Gasteiger partial charge in [-0.3, -0.25) is 4.90 Å². The molecule has 0 aliphatic carbocycles. The topological polar surface area (TPSA) is 47.7 Å². The molecule has 1 aliphatic heterocycles. The van der Waals surface area contributed by atoms with Crippen LogP contribution in [0.15, 0.2) is 36.4 Å². The lowest BCUT2D eigenvalue weighted by Gasteiger charge is -2.30. The zero-order chi connectivity index (χ0) is 20.3. The molecular weight excluding hydrogens is 372 g/mol. The first-order chi connectivity index (χ1) is 13.2. The van der Waals surface area contributed by atoms with E-state index in [4.69, 9.17) is 26.8 Å². The summed E-state index contributed by atoms with van der Waals surface area (Å²) >= 11 is 6.28. The van der Waals surface area contributed by atoms with Crippen LogP contribution < -0.4 is 10.5 Å². The van der Waals surface area contributed by atoms with Gasteiger partial charge in [-0.1, -0.05) is 31.5 Å². The predicted octanol–water partition coefficient (Wildman–Crippen LogP) is 4.87. The number of nitrogens with two attached hydrogens (primary N) is 1. The molecule has 0 aromatic heterocycles. The maximum Gasteiger partial charge on any atom is 0.120 e. The average molecular weight is 403 g/mol. The summed E-state index contributed by atoms with van der Waals surface area (Å²) in [5.41, 5.74) is 10.0. The zero-order valence-corrected chi connectivity index (χ0v) is 18.1. The first-order valence-electron chi connectivity index (χ1n) is 9.92. The van der Waals surface area contributed by atoms with E-state index < -0.39 is 0 Å². The summed E-state index contributed by atoms with van der Waals surface area (Å²) in [7, 11) is 0. The van der Waals surface area contributed by atoms with E-state index in [-0.39, 0.29) is 11.5 Å². The van der Waals surface area contributed by atoms with Gasteiger partial charge in [0, 0.05) is 35.8 Å². The maximum absolute atomic E-state index is 6.28. The molecule has 0 spiro atoms. The van der Waals surface area contributed by atoms with Crippen LogP contribution in [0.4, 0.5) is 5.69 Å². The van der Waals surface area contributed by atoms with Crippen LogP contribution in [-0.2, 0) is 16.7 Å². The molecule has 3 rings (SSSR count). The van der Waals surface area contributed by atoms with Gasteiger partial charge in [-0.25, -0.2) is 0 Å². The van der Waals surface area contributed by atoms with Crippen molar-refractivity contribution in [2.24, 2.45) is 0 Å². The van der Waals surface area contributed by atoms with Crippen LogP contribution in [0.5, 0.6) is 5.75 Å². The quantitative estimate of drug-likeness (QED) is 0.700. The molecule has 2 N–H and O–H groups in total. The largest absolute Gasteiger partial charge is 0.491 e. The molecular formula is C23H31ClN2O2. The second kappa shape index (κ2) is 8.73. The number of benzene rings is 2. The van der Waals surface area contributed by atoms with E-state index in [9.17, 15) is 0 Å². The van der Waals surface area contributed by atoms with Crippen molar-refractivity contribution in [3.05, 3.63) is 58.1 Å². The first-order valence-corrected chi connectivity index (χ1v) is 10.3. The summed E-state index contributed by atoms with van der Waals surface area (Å²) in [6, 6.07) is 12.4. The number of hydrogen-bond donors (Lipinski definition) is 1. The minimum absolute atomic E-state index is 0.122. The third-order valence-electron chi connectivity index (χ3n) is 5.21. The summed E-state index contributed by atoms with van der Waals surface area (Å²) in [6.45, 7) is 12.9. The molecule has 0 radical (unpaired) electrons. The molecule has 1 saturated heterocycles. The molecule has 1 heterocycles. The number of nitrogens with zero attached hydrogens (tertiary/aromatic N) is 1. The van der Waals surface area contributed by atoms with Crippen LogP contribution in [0.1, 0.15) is 44.4 Å². The van der Waals surface area contributed by atoms with Gasteiger partial charge in [0.15, 0.2) is 0 Å². The summed E-state index contributed by atoms with van der Waals surface area (Å²) in [4.78, 5) is 2.42. The third kappa shape index (κ3) is 5.19. The Bertz CT molecular complexity index is 794. The minimum Gasteiger partial charge on any atom is -0.491 e. The summed E-state index contributed by atoms with van der Waals surface area (Å²) < 4.78 is 11.6. The molecule has 0 amide bonds. The van der Waals surface area contributed by atoms with Crippen molar-refractivity contribution >= 4 is 17.3 Å². The second-order valence-corrected chi connectivity index (χ2v) is 8.76. The number of rotatable bonds is 6. The Kier molecular flexibility index (Phi) is 6.54. The van der Waals surface area contributed by atoms with Crippen LogP contribution in [0.3, 0.4) is 0 Å². The van der Waals surface area contributed by atoms with Gasteiger partial charge in [-0.05, 0) is 60.9 Å². The number of ether oxygens (including phenoxy) is 2. The molecule has 1 aliphatic rings. The first kappa shape index (κ1) is 21.0. The van der Waals surface area contributed by atoms with E-state index in [0.717, 1.165) is 44.2 Å². The lowest BCUT2D eigenvalue weighted by Crippen LogP contribution is -2.35. The van der Waals surface area contributed by atoms with Crippen molar-refractivity contribution in [2.75, 3.05) is 32.0 Å². The van der Waals surface area contributed by atoms with Crippen molar-refractivity contribution < 1.29 is 9.47 Å². The van der Waals surface area contributed by atoms with Gasteiger partial charge >= 0.3 is 0 Å².